The fourth-order valence-electron chi connectivity index (χ4n) is 5.26. The Morgan fingerprint density at radius 2 is 0.628 bits per heavy atom. The largest absolute Gasteiger partial charge is 0.489 e. The zero-order valence-electron chi connectivity index (χ0n) is 27.3. The van der Waals surface area contributed by atoms with Crippen molar-refractivity contribution in [1.29, 1.82) is 0 Å². The van der Waals surface area contributed by atoms with Gasteiger partial charge < -0.3 is 19.9 Å². The summed E-state index contributed by atoms with van der Waals surface area (Å²) in [5, 5.41) is 3.38. The molecule has 252 valence electrons. The number of rotatable bonds is 33. The maximum atomic E-state index is 6.35. The predicted molar refractivity (Wildman–Crippen MR) is 200 cm³/mol. The van der Waals surface area contributed by atoms with Crippen molar-refractivity contribution in [1.82, 2.24) is 0 Å². The number of benzene rings is 1. The van der Waals surface area contributed by atoms with E-state index in [4.69, 9.17) is 19.9 Å². The van der Waals surface area contributed by atoms with E-state index in [1.165, 1.54) is 135 Å². The summed E-state index contributed by atoms with van der Waals surface area (Å²) in [7, 11) is 0. The Balaban J connectivity index is 2.50. The lowest BCUT2D eigenvalue weighted by molar-refractivity contribution is 0.234. The quantitative estimate of drug-likeness (QED) is 0.0437. The zero-order chi connectivity index (χ0) is 31.1. The van der Waals surface area contributed by atoms with Gasteiger partial charge in [0.2, 0.25) is 5.75 Å². The van der Waals surface area contributed by atoms with Crippen molar-refractivity contribution in [2.45, 2.75) is 154 Å². The summed E-state index contributed by atoms with van der Waals surface area (Å²) in [6, 6.07) is 3.82. The third kappa shape index (κ3) is 24.7. The summed E-state index contributed by atoms with van der Waals surface area (Å²) in [6.45, 7) is 2.06. The molecule has 1 aromatic rings. The van der Waals surface area contributed by atoms with Gasteiger partial charge in [0.15, 0.2) is 11.5 Å². The number of hydrogen-bond donors (Lipinski definition) is 1. The van der Waals surface area contributed by atoms with E-state index in [-0.39, 0.29) is 0 Å². The lowest BCUT2D eigenvalue weighted by atomic mass is 10.1. The number of alkyl halides is 3. The van der Waals surface area contributed by atoms with Crippen molar-refractivity contribution in [2.24, 2.45) is 0 Å². The number of anilines is 1. The molecule has 0 fully saturated rings. The lowest BCUT2D eigenvalue weighted by Crippen LogP contribution is -2.07. The van der Waals surface area contributed by atoms with E-state index < -0.39 is 0 Å². The van der Waals surface area contributed by atoms with Gasteiger partial charge in [-0.3, -0.25) is 0 Å². The molecular formula is C36H64Br3NO3. The highest BCUT2D eigenvalue weighted by Gasteiger charge is 2.15. The lowest BCUT2D eigenvalue weighted by Gasteiger charge is -2.18. The van der Waals surface area contributed by atoms with E-state index in [0.29, 0.717) is 25.5 Å². The number of nitrogen functional groups attached to an aromatic ring is 1. The Hall–Kier alpha value is -0.140. The molecule has 4 nitrogen and oxygen atoms in total. The highest BCUT2D eigenvalue weighted by Crippen LogP contribution is 2.40. The van der Waals surface area contributed by atoms with E-state index in [0.717, 1.165) is 52.5 Å². The van der Waals surface area contributed by atoms with E-state index in [1.54, 1.807) is 0 Å². The van der Waals surface area contributed by atoms with Crippen molar-refractivity contribution in [3.05, 3.63) is 12.1 Å². The number of hydrogen-bond acceptors (Lipinski definition) is 4. The van der Waals surface area contributed by atoms with Gasteiger partial charge in [-0.15, -0.1) is 0 Å². The average Bonchev–Trinajstić information content (AvgIpc) is 3.00. The molecule has 0 aliphatic carbocycles. The van der Waals surface area contributed by atoms with Gasteiger partial charge in [-0.1, -0.05) is 163 Å². The minimum absolute atomic E-state index is 0.671. The van der Waals surface area contributed by atoms with E-state index in [2.05, 4.69) is 47.8 Å². The maximum absolute atomic E-state index is 6.35. The Morgan fingerprint density at radius 1 is 0.372 bits per heavy atom. The zero-order valence-corrected chi connectivity index (χ0v) is 32.1. The highest BCUT2D eigenvalue weighted by atomic mass is 79.9. The van der Waals surface area contributed by atoms with Gasteiger partial charge in [0, 0.05) is 33.8 Å². The van der Waals surface area contributed by atoms with Gasteiger partial charge in [-0.25, -0.2) is 0 Å². The van der Waals surface area contributed by atoms with Gasteiger partial charge in [-0.2, -0.15) is 0 Å². The third-order valence-electron chi connectivity index (χ3n) is 7.89. The summed E-state index contributed by atoms with van der Waals surface area (Å²) in [5.74, 6) is 2.21. The first kappa shape index (κ1) is 40.9. The molecule has 43 heavy (non-hydrogen) atoms. The van der Waals surface area contributed by atoms with Gasteiger partial charge in [-0.05, 0) is 38.5 Å². The smallest absolute Gasteiger partial charge is 0.203 e. The maximum Gasteiger partial charge on any atom is 0.203 e. The Kier molecular flexibility index (Phi) is 30.3. The molecule has 0 radical (unpaired) electrons. The van der Waals surface area contributed by atoms with Crippen LogP contribution in [0.1, 0.15) is 154 Å². The van der Waals surface area contributed by atoms with Crippen molar-refractivity contribution >= 4 is 53.5 Å². The Morgan fingerprint density at radius 3 is 0.930 bits per heavy atom. The SMILES string of the molecule is Nc1cc(OCCCCCCCCCCBr)c(OCCCCCCCCCCBr)c(OCCCCCCCCCCBr)c1. The number of unbranched alkanes of at least 4 members (excludes halogenated alkanes) is 21. The molecule has 0 unspecified atom stereocenters. The monoisotopic (exact) mass is 795 g/mol. The molecular weight excluding hydrogens is 734 g/mol. The first-order chi connectivity index (χ1) is 21.2. The molecule has 7 heteroatoms. The second-order valence-electron chi connectivity index (χ2n) is 11.9. The molecule has 2 N–H and O–H groups in total. The van der Waals surface area contributed by atoms with Crippen LogP contribution in [0.25, 0.3) is 0 Å². The van der Waals surface area contributed by atoms with Crippen LogP contribution in [0.2, 0.25) is 0 Å². The fourth-order valence-corrected chi connectivity index (χ4v) is 6.45. The Labute approximate surface area is 291 Å². The molecule has 0 bridgehead atoms. The van der Waals surface area contributed by atoms with Gasteiger partial charge >= 0.3 is 0 Å². The Bertz CT molecular complexity index is 693. The first-order valence-corrected chi connectivity index (χ1v) is 21.1. The third-order valence-corrected chi connectivity index (χ3v) is 9.57. The topological polar surface area (TPSA) is 53.7 Å². The number of halogens is 3. The summed E-state index contributed by atoms with van der Waals surface area (Å²) in [5.41, 5.74) is 6.97. The number of ether oxygens (including phenoxy) is 3. The van der Waals surface area contributed by atoms with Gasteiger partial charge in [0.05, 0.1) is 19.8 Å². The van der Waals surface area contributed by atoms with Crippen LogP contribution in [0.5, 0.6) is 17.2 Å². The molecule has 1 rings (SSSR count). The van der Waals surface area contributed by atoms with Crippen LogP contribution in [0.15, 0.2) is 12.1 Å². The molecule has 0 amide bonds. The van der Waals surface area contributed by atoms with E-state index in [9.17, 15) is 0 Å². The van der Waals surface area contributed by atoms with Crippen molar-refractivity contribution in [3.63, 3.8) is 0 Å². The van der Waals surface area contributed by atoms with Crippen LogP contribution >= 0.6 is 47.8 Å². The van der Waals surface area contributed by atoms with Gasteiger partial charge in [0.1, 0.15) is 0 Å². The van der Waals surface area contributed by atoms with Crippen LogP contribution in [-0.2, 0) is 0 Å². The summed E-state index contributed by atoms with van der Waals surface area (Å²) in [6.07, 6.45) is 30.5. The van der Waals surface area contributed by atoms with E-state index in [1.807, 2.05) is 12.1 Å². The fraction of sp³-hybridized carbons (Fsp3) is 0.833. The van der Waals surface area contributed by atoms with Crippen molar-refractivity contribution in [3.8, 4) is 17.2 Å². The van der Waals surface area contributed by atoms with Crippen LogP contribution in [-0.4, -0.2) is 35.8 Å². The van der Waals surface area contributed by atoms with Gasteiger partial charge in [0.25, 0.3) is 0 Å². The number of nitrogens with two attached hydrogens (primary N) is 1. The standard InChI is InChI=1S/C36H64Br3NO3/c37-25-19-13-7-1-4-10-16-22-28-41-34-31-33(40)32-35(42-29-23-17-11-5-2-8-14-20-26-38)36(34)43-30-24-18-12-6-3-9-15-21-27-39/h31-32H,1-30,40H2. The average molecular weight is 799 g/mol. The molecule has 0 atom stereocenters. The van der Waals surface area contributed by atoms with Crippen molar-refractivity contribution < 1.29 is 14.2 Å². The van der Waals surface area contributed by atoms with E-state index >= 15 is 0 Å². The summed E-state index contributed by atoms with van der Waals surface area (Å²) < 4.78 is 18.9. The summed E-state index contributed by atoms with van der Waals surface area (Å²) in [4.78, 5) is 0. The molecule has 0 heterocycles. The van der Waals surface area contributed by atoms with Crippen molar-refractivity contribution in [2.75, 3.05) is 41.5 Å². The second-order valence-corrected chi connectivity index (χ2v) is 14.3. The molecule has 1 aromatic carbocycles. The molecule has 0 aromatic heterocycles. The summed E-state index contributed by atoms with van der Waals surface area (Å²) >= 11 is 10.6. The second kappa shape index (κ2) is 31.8. The van der Waals surface area contributed by atoms with Crippen LogP contribution in [0, 0.1) is 0 Å². The molecule has 0 saturated heterocycles. The minimum atomic E-state index is 0.671. The molecule has 0 aliphatic heterocycles. The molecule has 0 spiro atoms. The molecule has 0 saturated carbocycles. The first-order valence-electron chi connectivity index (χ1n) is 17.7. The van der Waals surface area contributed by atoms with Crippen LogP contribution < -0.4 is 19.9 Å². The highest BCUT2D eigenvalue weighted by molar-refractivity contribution is 9.09. The van der Waals surface area contributed by atoms with Crippen LogP contribution in [0.3, 0.4) is 0 Å². The predicted octanol–water partition coefficient (Wildman–Crippen LogP) is 13.0. The molecule has 0 aliphatic rings. The minimum Gasteiger partial charge on any atom is -0.489 e. The van der Waals surface area contributed by atoms with Crippen LogP contribution in [0.4, 0.5) is 5.69 Å². The normalized spacial score (nSPS) is 11.2.